The molecule has 20 heavy (non-hydrogen) atoms. The normalized spacial score (nSPS) is 19.0. The SMILES string of the molecule is CC(=O)c1cc(Cl)cc(CN2CCC(C)(C)CC2)c1O. The Bertz CT molecular complexity index is 515. The van der Waals surface area contributed by atoms with Gasteiger partial charge in [-0.1, -0.05) is 25.4 Å². The fraction of sp³-hybridized carbons (Fsp3) is 0.562. The minimum atomic E-state index is -0.161. The number of benzene rings is 1. The number of nitrogens with zero attached hydrogens (tertiary/aromatic N) is 1. The monoisotopic (exact) mass is 295 g/mol. The number of carbonyl (C=O) groups is 1. The Kier molecular flexibility index (Phi) is 4.40. The van der Waals surface area contributed by atoms with Crippen LogP contribution < -0.4 is 0 Å². The van der Waals surface area contributed by atoms with Gasteiger partial charge in [0.15, 0.2) is 5.78 Å². The summed E-state index contributed by atoms with van der Waals surface area (Å²) in [6, 6.07) is 3.28. The first-order valence-corrected chi connectivity index (χ1v) is 7.41. The topological polar surface area (TPSA) is 40.5 Å². The third-order valence-corrected chi connectivity index (χ3v) is 4.35. The van der Waals surface area contributed by atoms with E-state index < -0.39 is 0 Å². The molecule has 3 nitrogen and oxygen atoms in total. The van der Waals surface area contributed by atoms with Gasteiger partial charge < -0.3 is 5.11 Å². The van der Waals surface area contributed by atoms with Crippen LogP contribution in [0.15, 0.2) is 12.1 Å². The average Bonchev–Trinajstić information content (AvgIpc) is 2.35. The van der Waals surface area contributed by atoms with E-state index in [4.69, 9.17) is 11.6 Å². The smallest absolute Gasteiger partial charge is 0.163 e. The van der Waals surface area contributed by atoms with Gasteiger partial charge in [0.05, 0.1) is 5.56 Å². The highest BCUT2D eigenvalue weighted by molar-refractivity contribution is 6.31. The second kappa shape index (κ2) is 5.74. The lowest BCUT2D eigenvalue weighted by Gasteiger charge is -2.37. The van der Waals surface area contributed by atoms with Crippen molar-refractivity contribution in [2.24, 2.45) is 5.41 Å². The van der Waals surface area contributed by atoms with Gasteiger partial charge in [-0.25, -0.2) is 0 Å². The molecule has 1 aromatic rings. The maximum Gasteiger partial charge on any atom is 0.163 e. The number of hydrogen-bond donors (Lipinski definition) is 1. The zero-order valence-electron chi connectivity index (χ0n) is 12.4. The molecular weight excluding hydrogens is 274 g/mol. The van der Waals surface area contributed by atoms with Crippen LogP contribution in [0, 0.1) is 5.41 Å². The van der Waals surface area contributed by atoms with Crippen molar-refractivity contribution in [3.8, 4) is 5.75 Å². The van der Waals surface area contributed by atoms with Crippen molar-refractivity contribution < 1.29 is 9.90 Å². The van der Waals surface area contributed by atoms with E-state index in [0.717, 1.165) is 31.5 Å². The number of piperidine rings is 1. The molecule has 0 bridgehead atoms. The predicted octanol–water partition coefficient (Wildman–Crippen LogP) is 3.87. The molecule has 0 aromatic heterocycles. The van der Waals surface area contributed by atoms with E-state index in [-0.39, 0.29) is 11.5 Å². The first-order valence-electron chi connectivity index (χ1n) is 7.03. The lowest BCUT2D eigenvalue weighted by Crippen LogP contribution is -2.36. The Balaban J connectivity index is 2.16. The first-order chi connectivity index (χ1) is 9.28. The van der Waals surface area contributed by atoms with E-state index in [1.54, 1.807) is 6.07 Å². The van der Waals surface area contributed by atoms with E-state index in [2.05, 4.69) is 18.7 Å². The minimum absolute atomic E-state index is 0.0757. The highest BCUT2D eigenvalue weighted by Crippen LogP contribution is 2.33. The second-order valence-corrected chi connectivity index (χ2v) is 6.89. The number of rotatable bonds is 3. The molecule has 0 spiro atoms. The standard InChI is InChI=1S/C16H22ClNO2/c1-11(19)14-9-13(17)8-12(15(14)20)10-18-6-4-16(2,3)5-7-18/h8-9,20H,4-7,10H2,1-3H3. The summed E-state index contributed by atoms with van der Waals surface area (Å²) >= 11 is 6.05. The number of likely N-dealkylation sites (tertiary alicyclic amines) is 1. The van der Waals surface area contributed by atoms with Gasteiger partial charge in [0.25, 0.3) is 0 Å². The van der Waals surface area contributed by atoms with E-state index in [0.29, 0.717) is 22.5 Å². The molecule has 4 heteroatoms. The molecular formula is C16H22ClNO2. The van der Waals surface area contributed by atoms with E-state index >= 15 is 0 Å². The number of aromatic hydroxyl groups is 1. The number of ketones is 1. The fourth-order valence-electron chi connectivity index (χ4n) is 2.60. The van der Waals surface area contributed by atoms with Crippen LogP contribution in [0.4, 0.5) is 0 Å². The minimum Gasteiger partial charge on any atom is -0.507 e. The van der Waals surface area contributed by atoms with Crippen molar-refractivity contribution >= 4 is 17.4 Å². The number of phenols is 1. The van der Waals surface area contributed by atoms with Gasteiger partial charge >= 0.3 is 0 Å². The molecule has 0 saturated carbocycles. The average molecular weight is 296 g/mol. The van der Waals surface area contributed by atoms with Crippen molar-refractivity contribution in [1.29, 1.82) is 0 Å². The van der Waals surface area contributed by atoms with Crippen molar-refractivity contribution in [2.75, 3.05) is 13.1 Å². The Morgan fingerprint density at radius 1 is 1.35 bits per heavy atom. The van der Waals surface area contributed by atoms with Crippen LogP contribution in [0.5, 0.6) is 5.75 Å². The van der Waals surface area contributed by atoms with Crippen molar-refractivity contribution in [3.63, 3.8) is 0 Å². The van der Waals surface area contributed by atoms with Crippen LogP contribution in [0.2, 0.25) is 5.02 Å². The maximum atomic E-state index is 11.5. The lowest BCUT2D eigenvalue weighted by molar-refractivity contribution is 0.101. The molecule has 0 atom stereocenters. The molecule has 0 unspecified atom stereocenters. The summed E-state index contributed by atoms with van der Waals surface area (Å²) in [4.78, 5) is 13.8. The van der Waals surface area contributed by atoms with E-state index in [1.807, 2.05) is 0 Å². The van der Waals surface area contributed by atoms with Crippen LogP contribution >= 0.6 is 11.6 Å². The van der Waals surface area contributed by atoms with Crippen LogP contribution in [0.25, 0.3) is 0 Å². The molecule has 1 fully saturated rings. The summed E-state index contributed by atoms with van der Waals surface area (Å²) in [5, 5.41) is 10.7. The summed E-state index contributed by atoms with van der Waals surface area (Å²) < 4.78 is 0. The van der Waals surface area contributed by atoms with E-state index in [1.165, 1.54) is 13.0 Å². The molecule has 0 amide bonds. The third kappa shape index (κ3) is 3.53. The molecule has 2 rings (SSSR count). The van der Waals surface area contributed by atoms with Crippen molar-refractivity contribution in [3.05, 3.63) is 28.3 Å². The summed E-state index contributed by atoms with van der Waals surface area (Å²) in [7, 11) is 0. The molecule has 1 N–H and O–H groups in total. The third-order valence-electron chi connectivity index (χ3n) is 4.14. The Morgan fingerprint density at radius 3 is 2.50 bits per heavy atom. The fourth-order valence-corrected chi connectivity index (χ4v) is 2.84. The van der Waals surface area contributed by atoms with Gasteiger partial charge in [-0.15, -0.1) is 0 Å². The maximum absolute atomic E-state index is 11.5. The van der Waals surface area contributed by atoms with Crippen LogP contribution in [0.3, 0.4) is 0 Å². The van der Waals surface area contributed by atoms with Gasteiger partial charge in [0.2, 0.25) is 0 Å². The molecule has 1 aromatic carbocycles. The van der Waals surface area contributed by atoms with Crippen molar-refractivity contribution in [2.45, 2.75) is 40.2 Å². The summed E-state index contributed by atoms with van der Waals surface area (Å²) in [6.45, 7) is 8.67. The zero-order valence-corrected chi connectivity index (χ0v) is 13.1. The number of Topliss-reactive ketones (excluding diaryl/α,β-unsaturated/α-hetero) is 1. The summed E-state index contributed by atoms with van der Waals surface area (Å²) in [5.74, 6) is -0.0854. The van der Waals surface area contributed by atoms with Gasteiger partial charge in [-0.05, 0) is 50.4 Å². The van der Waals surface area contributed by atoms with Crippen molar-refractivity contribution in [1.82, 2.24) is 4.90 Å². The number of halogens is 1. The molecule has 1 aliphatic rings. The number of hydrogen-bond acceptors (Lipinski definition) is 3. The quantitative estimate of drug-likeness (QED) is 0.861. The van der Waals surface area contributed by atoms with Crippen LogP contribution in [-0.2, 0) is 6.54 Å². The van der Waals surface area contributed by atoms with Crippen LogP contribution in [0.1, 0.15) is 49.5 Å². The van der Waals surface area contributed by atoms with E-state index in [9.17, 15) is 9.90 Å². The first kappa shape index (κ1) is 15.3. The van der Waals surface area contributed by atoms with Gasteiger partial charge in [0, 0.05) is 17.1 Å². The molecule has 1 heterocycles. The lowest BCUT2D eigenvalue weighted by atomic mass is 9.82. The molecule has 110 valence electrons. The zero-order chi connectivity index (χ0) is 14.9. The highest BCUT2D eigenvalue weighted by Gasteiger charge is 2.26. The summed E-state index contributed by atoms with van der Waals surface area (Å²) in [6.07, 6.45) is 2.29. The molecule has 0 radical (unpaired) electrons. The Morgan fingerprint density at radius 2 is 1.95 bits per heavy atom. The van der Waals surface area contributed by atoms with Gasteiger partial charge in [0.1, 0.15) is 5.75 Å². The predicted molar refractivity (Wildman–Crippen MR) is 81.4 cm³/mol. The Labute approximate surface area is 125 Å². The summed E-state index contributed by atoms with van der Waals surface area (Å²) in [5.41, 5.74) is 1.45. The second-order valence-electron chi connectivity index (χ2n) is 6.46. The molecule has 1 saturated heterocycles. The number of carbonyl (C=O) groups excluding carboxylic acids is 1. The van der Waals surface area contributed by atoms with Gasteiger partial charge in [-0.3, -0.25) is 9.69 Å². The Hall–Kier alpha value is -1.06. The molecule has 0 aliphatic carbocycles. The molecule has 1 aliphatic heterocycles. The highest BCUT2D eigenvalue weighted by atomic mass is 35.5. The van der Waals surface area contributed by atoms with Crippen LogP contribution in [-0.4, -0.2) is 28.9 Å². The largest absolute Gasteiger partial charge is 0.507 e. The van der Waals surface area contributed by atoms with Gasteiger partial charge in [-0.2, -0.15) is 0 Å². The number of phenolic OH excluding ortho intramolecular Hbond substituents is 1.